The second-order valence-electron chi connectivity index (χ2n) is 5.27. The Balaban J connectivity index is 1.59. The van der Waals surface area contributed by atoms with Crippen molar-refractivity contribution in [2.24, 2.45) is 0 Å². The smallest absolute Gasteiger partial charge is 0.0410 e. The van der Waals surface area contributed by atoms with Crippen LogP contribution in [0.3, 0.4) is 0 Å². The van der Waals surface area contributed by atoms with Crippen molar-refractivity contribution in [3.05, 3.63) is 64.4 Å². The average molecular weight is 348 g/mol. The molecule has 0 aliphatic carbocycles. The molecule has 1 aromatic carbocycles. The van der Waals surface area contributed by atoms with Gasteiger partial charge in [0.05, 0.1) is 0 Å². The van der Waals surface area contributed by atoms with Crippen LogP contribution in [0.4, 0.5) is 0 Å². The van der Waals surface area contributed by atoms with Gasteiger partial charge in [0.2, 0.25) is 0 Å². The highest BCUT2D eigenvalue weighted by molar-refractivity contribution is 9.10. The largest absolute Gasteiger partial charge is 0.313 e. The van der Waals surface area contributed by atoms with Gasteiger partial charge in [-0.05, 0) is 59.7 Å². The summed E-state index contributed by atoms with van der Waals surface area (Å²) in [6, 6.07) is 12.7. The third kappa shape index (κ3) is 6.38. The summed E-state index contributed by atoms with van der Waals surface area (Å²) in [7, 11) is 2.17. The zero-order chi connectivity index (χ0) is 14.9. The Morgan fingerprint density at radius 1 is 1.14 bits per heavy atom. The summed E-state index contributed by atoms with van der Waals surface area (Å²) in [5, 5.41) is 3.46. The van der Waals surface area contributed by atoms with Gasteiger partial charge in [-0.2, -0.15) is 0 Å². The molecule has 0 aliphatic rings. The summed E-state index contributed by atoms with van der Waals surface area (Å²) in [5.74, 6) is 0. The zero-order valence-electron chi connectivity index (χ0n) is 12.4. The Morgan fingerprint density at radius 3 is 2.71 bits per heavy atom. The Kier molecular flexibility index (Phi) is 6.86. The predicted octanol–water partition coefficient (Wildman–Crippen LogP) is 3.46. The summed E-state index contributed by atoms with van der Waals surface area (Å²) < 4.78 is 1.03. The number of halogens is 1. The quantitative estimate of drug-likeness (QED) is 0.741. The van der Waals surface area contributed by atoms with Crippen molar-refractivity contribution < 1.29 is 0 Å². The lowest BCUT2D eigenvalue weighted by Crippen LogP contribution is -2.23. The maximum absolute atomic E-state index is 4.16. The average Bonchev–Trinajstić information content (AvgIpc) is 2.48. The van der Waals surface area contributed by atoms with Gasteiger partial charge in [0, 0.05) is 30.0 Å². The monoisotopic (exact) mass is 347 g/mol. The van der Waals surface area contributed by atoms with Crippen LogP contribution in [0, 0.1) is 0 Å². The van der Waals surface area contributed by atoms with Gasteiger partial charge < -0.3 is 10.2 Å². The van der Waals surface area contributed by atoms with Gasteiger partial charge in [-0.15, -0.1) is 0 Å². The van der Waals surface area contributed by atoms with E-state index in [1.54, 1.807) is 0 Å². The maximum atomic E-state index is 4.16. The van der Waals surface area contributed by atoms with Crippen LogP contribution in [0.1, 0.15) is 17.5 Å². The molecular weight excluding hydrogens is 326 g/mol. The molecule has 2 aromatic rings. The van der Waals surface area contributed by atoms with Crippen LogP contribution in [0.5, 0.6) is 0 Å². The molecule has 0 atom stereocenters. The number of rotatable bonds is 8. The minimum absolute atomic E-state index is 0.870. The molecule has 0 radical (unpaired) electrons. The Hall–Kier alpha value is -1.23. The molecule has 0 fully saturated rings. The second-order valence-corrected chi connectivity index (χ2v) is 6.18. The normalized spacial score (nSPS) is 11.0. The highest BCUT2D eigenvalue weighted by atomic mass is 79.9. The molecule has 4 heteroatoms. The van der Waals surface area contributed by atoms with Crippen LogP contribution in [0.2, 0.25) is 0 Å². The van der Waals surface area contributed by atoms with E-state index in [-0.39, 0.29) is 0 Å². The van der Waals surface area contributed by atoms with Crippen molar-refractivity contribution in [1.29, 1.82) is 0 Å². The zero-order valence-corrected chi connectivity index (χ0v) is 14.0. The molecule has 1 aromatic heterocycles. The van der Waals surface area contributed by atoms with E-state index in [1.807, 2.05) is 12.4 Å². The van der Waals surface area contributed by atoms with Crippen molar-refractivity contribution in [3.8, 4) is 0 Å². The maximum Gasteiger partial charge on any atom is 0.0410 e. The number of hydrogen-bond donors (Lipinski definition) is 1. The lowest BCUT2D eigenvalue weighted by atomic mass is 10.2. The fourth-order valence-corrected chi connectivity index (χ4v) is 2.65. The molecule has 0 saturated carbocycles. The molecule has 0 unspecified atom stereocenters. The molecule has 112 valence electrons. The van der Waals surface area contributed by atoms with Crippen molar-refractivity contribution in [2.75, 3.05) is 20.1 Å². The SMILES string of the molecule is CN(CCCNCc1cncc(Br)c1)Cc1ccccc1. The molecule has 0 spiro atoms. The van der Waals surface area contributed by atoms with Gasteiger partial charge in [0.25, 0.3) is 0 Å². The molecule has 21 heavy (non-hydrogen) atoms. The molecule has 1 heterocycles. The van der Waals surface area contributed by atoms with Crippen LogP contribution < -0.4 is 5.32 Å². The minimum atomic E-state index is 0.870. The van der Waals surface area contributed by atoms with Gasteiger partial charge in [-0.25, -0.2) is 0 Å². The fourth-order valence-electron chi connectivity index (χ4n) is 2.23. The Morgan fingerprint density at radius 2 is 1.95 bits per heavy atom. The number of aromatic nitrogens is 1. The van der Waals surface area contributed by atoms with Crippen molar-refractivity contribution in [2.45, 2.75) is 19.5 Å². The van der Waals surface area contributed by atoms with E-state index in [0.29, 0.717) is 0 Å². The lowest BCUT2D eigenvalue weighted by Gasteiger charge is -2.16. The van der Waals surface area contributed by atoms with Crippen molar-refractivity contribution >= 4 is 15.9 Å². The number of pyridine rings is 1. The van der Waals surface area contributed by atoms with E-state index in [2.05, 4.69) is 74.6 Å². The molecule has 3 nitrogen and oxygen atoms in total. The first-order valence-corrected chi connectivity index (χ1v) is 8.06. The molecule has 0 bridgehead atoms. The van der Waals surface area contributed by atoms with Gasteiger partial charge in [0.1, 0.15) is 0 Å². The summed E-state index contributed by atoms with van der Waals surface area (Å²) in [4.78, 5) is 6.52. The van der Waals surface area contributed by atoms with Gasteiger partial charge in [0.15, 0.2) is 0 Å². The highest BCUT2D eigenvalue weighted by Gasteiger charge is 2.00. The Bertz CT molecular complexity index is 531. The molecule has 1 N–H and O–H groups in total. The van der Waals surface area contributed by atoms with E-state index in [4.69, 9.17) is 0 Å². The van der Waals surface area contributed by atoms with E-state index in [9.17, 15) is 0 Å². The summed E-state index contributed by atoms with van der Waals surface area (Å²) in [5.41, 5.74) is 2.58. The number of nitrogens with one attached hydrogen (secondary N) is 1. The van der Waals surface area contributed by atoms with Crippen LogP contribution >= 0.6 is 15.9 Å². The lowest BCUT2D eigenvalue weighted by molar-refractivity contribution is 0.319. The van der Waals surface area contributed by atoms with Gasteiger partial charge >= 0.3 is 0 Å². The standard InChI is InChI=1S/C17H22BrN3/c1-21(14-15-6-3-2-4-7-15)9-5-8-19-11-16-10-17(18)13-20-12-16/h2-4,6-7,10,12-13,19H,5,8-9,11,14H2,1H3. The molecule has 2 rings (SSSR count). The van der Waals surface area contributed by atoms with E-state index in [0.717, 1.165) is 37.1 Å². The summed E-state index contributed by atoms with van der Waals surface area (Å²) >= 11 is 3.44. The van der Waals surface area contributed by atoms with Gasteiger partial charge in [-0.3, -0.25) is 4.98 Å². The molecule has 0 saturated heterocycles. The second kappa shape index (κ2) is 8.93. The molecule has 0 amide bonds. The van der Waals surface area contributed by atoms with Crippen molar-refractivity contribution in [1.82, 2.24) is 15.2 Å². The van der Waals surface area contributed by atoms with Crippen molar-refractivity contribution in [3.63, 3.8) is 0 Å². The number of nitrogens with zero attached hydrogens (tertiary/aromatic N) is 2. The first kappa shape index (κ1) is 16.1. The fraction of sp³-hybridized carbons (Fsp3) is 0.353. The Labute approximate surface area is 135 Å². The number of hydrogen-bond acceptors (Lipinski definition) is 3. The minimum Gasteiger partial charge on any atom is -0.313 e. The summed E-state index contributed by atoms with van der Waals surface area (Å²) in [6.45, 7) is 4.00. The topological polar surface area (TPSA) is 28.2 Å². The number of benzene rings is 1. The first-order chi connectivity index (χ1) is 10.2. The highest BCUT2D eigenvalue weighted by Crippen LogP contribution is 2.09. The van der Waals surface area contributed by atoms with Crippen LogP contribution in [0.25, 0.3) is 0 Å². The molecular formula is C17H22BrN3. The predicted molar refractivity (Wildman–Crippen MR) is 91.0 cm³/mol. The van der Waals surface area contributed by atoms with Crippen LogP contribution in [-0.4, -0.2) is 30.0 Å². The van der Waals surface area contributed by atoms with E-state index in [1.165, 1.54) is 11.1 Å². The first-order valence-electron chi connectivity index (χ1n) is 7.26. The third-order valence-corrected chi connectivity index (χ3v) is 3.71. The van der Waals surface area contributed by atoms with E-state index >= 15 is 0 Å². The van der Waals surface area contributed by atoms with Gasteiger partial charge in [-0.1, -0.05) is 30.3 Å². The third-order valence-electron chi connectivity index (χ3n) is 3.28. The van der Waals surface area contributed by atoms with E-state index < -0.39 is 0 Å². The summed E-state index contributed by atoms with van der Waals surface area (Å²) in [6.07, 6.45) is 4.85. The molecule has 0 aliphatic heterocycles. The van der Waals surface area contributed by atoms with Crippen LogP contribution in [0.15, 0.2) is 53.3 Å². The van der Waals surface area contributed by atoms with Crippen LogP contribution in [-0.2, 0) is 13.1 Å².